The molecular weight excluding hydrogens is 316 g/mol. The minimum Gasteiger partial charge on any atom is -0.460 e. The third-order valence-electron chi connectivity index (χ3n) is 3.85. The highest BCUT2D eigenvalue weighted by Gasteiger charge is 2.20. The molecule has 1 atom stereocenters. The lowest BCUT2D eigenvalue weighted by molar-refractivity contribution is -0.146. The molecule has 5 heteroatoms. The molecule has 0 saturated carbocycles. The van der Waals surface area contributed by atoms with Gasteiger partial charge < -0.3 is 14.9 Å². The quantitative estimate of drug-likeness (QED) is 0.699. The summed E-state index contributed by atoms with van der Waals surface area (Å²) in [6.07, 6.45) is 0.274. The van der Waals surface area contributed by atoms with Crippen molar-refractivity contribution in [1.29, 1.82) is 0 Å². The van der Waals surface area contributed by atoms with E-state index >= 15 is 0 Å². The number of nitrogens with zero attached hydrogens (tertiary/aromatic N) is 1. The summed E-state index contributed by atoms with van der Waals surface area (Å²) in [5.74, 6) is 0.732. The van der Waals surface area contributed by atoms with Crippen LogP contribution in [-0.4, -0.2) is 17.0 Å². The highest BCUT2D eigenvalue weighted by molar-refractivity contribution is 5.75. The van der Waals surface area contributed by atoms with Gasteiger partial charge in [-0.05, 0) is 24.6 Å². The van der Waals surface area contributed by atoms with Crippen molar-refractivity contribution in [3.8, 4) is 11.5 Å². The van der Waals surface area contributed by atoms with Crippen LogP contribution in [0.2, 0.25) is 0 Å². The fourth-order valence-electron chi connectivity index (χ4n) is 2.45. The van der Waals surface area contributed by atoms with Crippen molar-refractivity contribution in [2.24, 2.45) is 5.73 Å². The highest BCUT2D eigenvalue weighted by atomic mass is 16.5. The van der Waals surface area contributed by atoms with Gasteiger partial charge >= 0.3 is 5.97 Å². The fourth-order valence-corrected chi connectivity index (χ4v) is 2.45. The van der Waals surface area contributed by atoms with E-state index in [1.807, 2.05) is 67.6 Å². The second kappa shape index (κ2) is 7.77. The lowest BCUT2D eigenvalue weighted by atomic mass is 10.1. The molecule has 5 nitrogen and oxygen atoms in total. The Morgan fingerprint density at radius 1 is 1.12 bits per heavy atom. The van der Waals surface area contributed by atoms with Gasteiger partial charge in [0, 0.05) is 12.0 Å². The number of carbonyl (C=O) groups excluding carboxylic acids is 1. The molecule has 0 spiro atoms. The summed E-state index contributed by atoms with van der Waals surface area (Å²) in [5.41, 5.74) is 8.45. The number of rotatable bonds is 6. The van der Waals surface area contributed by atoms with Crippen molar-refractivity contribution < 1.29 is 13.9 Å². The highest BCUT2D eigenvalue weighted by Crippen LogP contribution is 2.22. The predicted octanol–water partition coefficient (Wildman–Crippen LogP) is 3.26. The Kier molecular flexibility index (Phi) is 5.26. The van der Waals surface area contributed by atoms with Crippen molar-refractivity contribution in [2.75, 3.05) is 0 Å². The first-order chi connectivity index (χ1) is 12.1. The molecule has 25 heavy (non-hydrogen) atoms. The van der Waals surface area contributed by atoms with Crippen LogP contribution in [0.15, 0.2) is 65.1 Å². The van der Waals surface area contributed by atoms with Gasteiger partial charge in [0.05, 0.1) is 5.69 Å². The number of hydrogen-bond donors (Lipinski definition) is 1. The predicted molar refractivity (Wildman–Crippen MR) is 94.6 cm³/mol. The number of ether oxygens (including phenoxy) is 1. The molecule has 1 aromatic heterocycles. The SMILES string of the molecule is Cc1oc(-c2ccccc2)nc1CC(N)C(=O)OCc1ccccc1. The van der Waals surface area contributed by atoms with Gasteiger partial charge in [-0.2, -0.15) is 0 Å². The molecule has 2 N–H and O–H groups in total. The zero-order valence-electron chi connectivity index (χ0n) is 14.0. The molecule has 0 aliphatic heterocycles. The van der Waals surface area contributed by atoms with Crippen LogP contribution >= 0.6 is 0 Å². The Labute approximate surface area is 146 Å². The second-order valence-electron chi connectivity index (χ2n) is 5.79. The Morgan fingerprint density at radius 3 is 2.44 bits per heavy atom. The van der Waals surface area contributed by atoms with Crippen LogP contribution in [0.3, 0.4) is 0 Å². The van der Waals surface area contributed by atoms with E-state index in [0.29, 0.717) is 17.3 Å². The van der Waals surface area contributed by atoms with Gasteiger partial charge in [0.15, 0.2) is 0 Å². The van der Waals surface area contributed by atoms with Crippen LogP contribution in [-0.2, 0) is 22.6 Å². The van der Waals surface area contributed by atoms with E-state index in [1.165, 1.54) is 0 Å². The summed E-state index contributed by atoms with van der Waals surface area (Å²) in [5, 5.41) is 0. The monoisotopic (exact) mass is 336 g/mol. The molecule has 0 aliphatic rings. The zero-order chi connectivity index (χ0) is 17.6. The molecule has 2 aromatic carbocycles. The fraction of sp³-hybridized carbons (Fsp3) is 0.200. The Hall–Kier alpha value is -2.92. The van der Waals surface area contributed by atoms with Gasteiger partial charge in [0.25, 0.3) is 0 Å². The maximum absolute atomic E-state index is 12.1. The molecule has 3 rings (SSSR count). The minimum atomic E-state index is -0.781. The zero-order valence-corrected chi connectivity index (χ0v) is 14.0. The summed E-state index contributed by atoms with van der Waals surface area (Å²) >= 11 is 0. The number of hydrogen-bond acceptors (Lipinski definition) is 5. The molecule has 1 heterocycles. The smallest absolute Gasteiger partial charge is 0.323 e. The summed E-state index contributed by atoms with van der Waals surface area (Å²) in [7, 11) is 0. The summed E-state index contributed by atoms with van der Waals surface area (Å²) in [6.45, 7) is 2.03. The first kappa shape index (κ1) is 16.9. The van der Waals surface area contributed by atoms with Gasteiger partial charge in [-0.1, -0.05) is 48.5 Å². The van der Waals surface area contributed by atoms with Crippen molar-refractivity contribution in [2.45, 2.75) is 26.0 Å². The molecule has 3 aromatic rings. The van der Waals surface area contributed by atoms with E-state index in [-0.39, 0.29) is 13.0 Å². The standard InChI is InChI=1S/C20H20N2O3/c1-14-18(22-19(25-14)16-10-6-3-7-11-16)12-17(21)20(23)24-13-15-8-4-2-5-9-15/h2-11,17H,12-13,21H2,1H3. The normalized spacial score (nSPS) is 11.9. The van der Waals surface area contributed by atoms with E-state index in [1.54, 1.807) is 0 Å². The maximum atomic E-state index is 12.1. The molecule has 0 amide bonds. The number of nitrogens with two attached hydrogens (primary N) is 1. The molecular formula is C20H20N2O3. The van der Waals surface area contributed by atoms with Gasteiger partial charge in [-0.3, -0.25) is 4.79 Å². The van der Waals surface area contributed by atoms with Gasteiger partial charge in [-0.25, -0.2) is 4.98 Å². The van der Waals surface area contributed by atoms with Gasteiger partial charge in [0.1, 0.15) is 18.4 Å². The van der Waals surface area contributed by atoms with Gasteiger partial charge in [-0.15, -0.1) is 0 Å². The van der Waals surface area contributed by atoms with E-state index in [9.17, 15) is 4.79 Å². The van der Waals surface area contributed by atoms with E-state index in [0.717, 1.165) is 11.1 Å². The molecule has 0 fully saturated rings. The molecule has 0 bridgehead atoms. The first-order valence-corrected chi connectivity index (χ1v) is 8.11. The topological polar surface area (TPSA) is 78.4 Å². The Balaban J connectivity index is 1.61. The van der Waals surface area contributed by atoms with Crippen LogP contribution in [0.25, 0.3) is 11.5 Å². The van der Waals surface area contributed by atoms with Crippen LogP contribution in [0.1, 0.15) is 17.0 Å². The minimum absolute atomic E-state index is 0.209. The molecule has 1 unspecified atom stereocenters. The lowest BCUT2D eigenvalue weighted by Gasteiger charge is -2.10. The average molecular weight is 336 g/mol. The Bertz CT molecular complexity index is 829. The summed E-state index contributed by atoms with van der Waals surface area (Å²) in [4.78, 5) is 16.6. The van der Waals surface area contributed by atoms with Gasteiger partial charge in [0.2, 0.25) is 5.89 Å². The number of oxazole rings is 1. The molecule has 0 radical (unpaired) electrons. The molecule has 128 valence electrons. The third-order valence-corrected chi connectivity index (χ3v) is 3.85. The van der Waals surface area contributed by atoms with Crippen LogP contribution < -0.4 is 5.73 Å². The maximum Gasteiger partial charge on any atom is 0.323 e. The molecule has 0 saturated heterocycles. The van der Waals surface area contributed by atoms with E-state index in [4.69, 9.17) is 14.9 Å². The van der Waals surface area contributed by atoms with E-state index < -0.39 is 12.0 Å². The summed E-state index contributed by atoms with van der Waals surface area (Å²) < 4.78 is 11.0. The number of carbonyl (C=O) groups is 1. The second-order valence-corrected chi connectivity index (χ2v) is 5.79. The van der Waals surface area contributed by atoms with E-state index in [2.05, 4.69) is 4.98 Å². The van der Waals surface area contributed by atoms with Crippen LogP contribution in [0, 0.1) is 6.92 Å². The van der Waals surface area contributed by atoms with Crippen molar-refractivity contribution in [3.63, 3.8) is 0 Å². The number of aryl methyl sites for hydroxylation is 1. The number of benzene rings is 2. The number of aromatic nitrogens is 1. The van der Waals surface area contributed by atoms with Crippen LogP contribution in [0.5, 0.6) is 0 Å². The largest absolute Gasteiger partial charge is 0.460 e. The average Bonchev–Trinajstić information content (AvgIpc) is 3.02. The first-order valence-electron chi connectivity index (χ1n) is 8.11. The third kappa shape index (κ3) is 4.33. The van der Waals surface area contributed by atoms with Crippen LogP contribution in [0.4, 0.5) is 0 Å². The lowest BCUT2D eigenvalue weighted by Crippen LogP contribution is -2.34. The molecule has 0 aliphatic carbocycles. The van der Waals surface area contributed by atoms with Crippen molar-refractivity contribution >= 4 is 5.97 Å². The van der Waals surface area contributed by atoms with Crippen molar-refractivity contribution in [1.82, 2.24) is 4.98 Å². The number of esters is 1. The summed E-state index contributed by atoms with van der Waals surface area (Å²) in [6, 6.07) is 18.3. The van der Waals surface area contributed by atoms with Crippen molar-refractivity contribution in [3.05, 3.63) is 77.7 Å². The Morgan fingerprint density at radius 2 is 1.76 bits per heavy atom.